The van der Waals surface area contributed by atoms with E-state index in [1.54, 1.807) is 22.2 Å². The molecule has 0 amide bonds. The molecule has 4 nitrogen and oxygen atoms in total. The van der Waals surface area contributed by atoms with Crippen molar-refractivity contribution in [1.29, 1.82) is 0 Å². The van der Waals surface area contributed by atoms with Crippen molar-refractivity contribution in [1.82, 2.24) is 14.8 Å². The Bertz CT molecular complexity index is 428. The Kier molecular flexibility index (Phi) is 2.43. The van der Waals surface area contributed by atoms with Crippen LogP contribution in [0.25, 0.3) is 0 Å². The smallest absolute Gasteiger partial charge is 0.164 e. The Morgan fingerprint density at radius 3 is 2.93 bits per heavy atom. The van der Waals surface area contributed by atoms with Crippen LogP contribution in [-0.2, 0) is 6.54 Å². The van der Waals surface area contributed by atoms with Crippen LogP contribution in [0.4, 0.5) is 5.82 Å². The number of aryl methyl sites for hydroxylation is 1. The summed E-state index contributed by atoms with van der Waals surface area (Å²) in [5.74, 6) is 0.360. The normalized spacial score (nSPS) is 10.7. The molecule has 2 rings (SSSR count). The SMILES string of the molecule is Cc1nc(Cn2cc(Cl)c(N)n2)cs1. The minimum Gasteiger partial charge on any atom is -0.381 e. The van der Waals surface area contributed by atoms with Gasteiger partial charge in [-0.25, -0.2) is 4.98 Å². The van der Waals surface area contributed by atoms with Crippen LogP contribution in [0, 0.1) is 6.92 Å². The number of hydrogen-bond donors (Lipinski definition) is 1. The number of anilines is 1. The molecule has 74 valence electrons. The van der Waals surface area contributed by atoms with Gasteiger partial charge in [0.15, 0.2) is 5.82 Å². The lowest BCUT2D eigenvalue weighted by molar-refractivity contribution is 0.678. The van der Waals surface area contributed by atoms with Gasteiger partial charge < -0.3 is 5.73 Å². The fraction of sp³-hybridized carbons (Fsp3) is 0.250. The van der Waals surface area contributed by atoms with Crippen LogP contribution in [0.1, 0.15) is 10.7 Å². The molecule has 0 bridgehead atoms. The molecule has 0 aliphatic heterocycles. The third-order valence-corrected chi connectivity index (χ3v) is 2.85. The summed E-state index contributed by atoms with van der Waals surface area (Å²) in [5.41, 5.74) is 6.50. The van der Waals surface area contributed by atoms with Crippen LogP contribution in [0.2, 0.25) is 5.02 Å². The number of halogens is 1. The minimum atomic E-state index is 0.360. The van der Waals surface area contributed by atoms with Crippen molar-refractivity contribution in [2.45, 2.75) is 13.5 Å². The summed E-state index contributed by atoms with van der Waals surface area (Å²) in [6, 6.07) is 0. The molecule has 0 radical (unpaired) electrons. The van der Waals surface area contributed by atoms with E-state index in [0.717, 1.165) is 10.7 Å². The molecule has 2 heterocycles. The Labute approximate surface area is 90.3 Å². The first-order valence-corrected chi connectivity index (χ1v) is 5.30. The zero-order valence-corrected chi connectivity index (χ0v) is 9.14. The lowest BCUT2D eigenvalue weighted by atomic mass is 10.5. The fourth-order valence-corrected chi connectivity index (χ4v) is 1.89. The number of nitrogens with two attached hydrogens (primary N) is 1. The molecule has 6 heteroatoms. The molecule has 2 aromatic rings. The molecule has 0 saturated heterocycles. The zero-order chi connectivity index (χ0) is 10.1. The average Bonchev–Trinajstić information content (AvgIpc) is 2.62. The van der Waals surface area contributed by atoms with Crippen LogP contribution in [0.15, 0.2) is 11.6 Å². The first-order chi connectivity index (χ1) is 6.65. The zero-order valence-electron chi connectivity index (χ0n) is 7.57. The summed E-state index contributed by atoms with van der Waals surface area (Å²) in [6.45, 7) is 2.58. The topological polar surface area (TPSA) is 56.7 Å². The molecule has 0 spiro atoms. The fourth-order valence-electron chi connectivity index (χ4n) is 1.14. The van der Waals surface area contributed by atoms with Gasteiger partial charge in [0.25, 0.3) is 0 Å². The van der Waals surface area contributed by atoms with E-state index < -0.39 is 0 Å². The summed E-state index contributed by atoms with van der Waals surface area (Å²) in [4.78, 5) is 4.32. The van der Waals surface area contributed by atoms with Gasteiger partial charge in [0.2, 0.25) is 0 Å². The van der Waals surface area contributed by atoms with Gasteiger partial charge in [-0.3, -0.25) is 4.68 Å². The van der Waals surface area contributed by atoms with Gasteiger partial charge in [0, 0.05) is 11.6 Å². The summed E-state index contributed by atoms with van der Waals surface area (Å²) in [5, 5.41) is 7.57. The van der Waals surface area contributed by atoms with E-state index >= 15 is 0 Å². The van der Waals surface area contributed by atoms with Gasteiger partial charge in [-0.05, 0) is 6.92 Å². The first kappa shape index (κ1) is 9.48. The monoisotopic (exact) mass is 228 g/mol. The maximum absolute atomic E-state index is 5.77. The highest BCUT2D eigenvalue weighted by Gasteiger charge is 2.04. The molecule has 2 N–H and O–H groups in total. The van der Waals surface area contributed by atoms with Crippen molar-refractivity contribution in [3.8, 4) is 0 Å². The van der Waals surface area contributed by atoms with Gasteiger partial charge in [-0.1, -0.05) is 11.6 Å². The highest BCUT2D eigenvalue weighted by molar-refractivity contribution is 7.09. The molecule has 0 saturated carbocycles. The number of thiazole rings is 1. The van der Waals surface area contributed by atoms with E-state index in [1.165, 1.54) is 0 Å². The number of nitrogens with zero attached hydrogens (tertiary/aromatic N) is 3. The van der Waals surface area contributed by atoms with E-state index in [1.807, 2.05) is 12.3 Å². The van der Waals surface area contributed by atoms with Crippen molar-refractivity contribution in [3.05, 3.63) is 27.3 Å². The van der Waals surface area contributed by atoms with Crippen molar-refractivity contribution in [2.75, 3.05) is 5.73 Å². The number of aromatic nitrogens is 3. The van der Waals surface area contributed by atoms with Gasteiger partial charge in [-0.15, -0.1) is 11.3 Å². The predicted molar refractivity (Wildman–Crippen MR) is 57.6 cm³/mol. The van der Waals surface area contributed by atoms with Gasteiger partial charge >= 0.3 is 0 Å². The second kappa shape index (κ2) is 3.59. The lowest BCUT2D eigenvalue weighted by Crippen LogP contribution is -2.01. The summed E-state index contributed by atoms with van der Waals surface area (Å²) >= 11 is 7.39. The quantitative estimate of drug-likeness (QED) is 0.855. The molecule has 14 heavy (non-hydrogen) atoms. The van der Waals surface area contributed by atoms with Gasteiger partial charge in [0.1, 0.15) is 5.02 Å². The summed E-state index contributed by atoms with van der Waals surface area (Å²) in [7, 11) is 0. The number of rotatable bonds is 2. The Morgan fingerprint density at radius 1 is 1.64 bits per heavy atom. The van der Waals surface area contributed by atoms with Gasteiger partial charge in [0.05, 0.1) is 17.2 Å². The standard InChI is InChI=1S/C8H9ClN4S/c1-5-11-6(4-14-5)2-13-3-7(9)8(10)12-13/h3-4H,2H2,1H3,(H2,10,12). The van der Waals surface area contributed by atoms with E-state index in [2.05, 4.69) is 10.1 Å². The molecule has 2 aromatic heterocycles. The van der Waals surface area contributed by atoms with Crippen molar-refractivity contribution >= 4 is 28.8 Å². The van der Waals surface area contributed by atoms with Crippen LogP contribution >= 0.6 is 22.9 Å². The minimum absolute atomic E-state index is 0.360. The van der Waals surface area contributed by atoms with Gasteiger partial charge in [-0.2, -0.15) is 5.10 Å². The average molecular weight is 229 g/mol. The Hall–Kier alpha value is -1.07. The molecular weight excluding hydrogens is 220 g/mol. The molecule has 0 aliphatic carbocycles. The second-order valence-corrected chi connectivity index (χ2v) is 4.39. The van der Waals surface area contributed by atoms with Crippen LogP contribution < -0.4 is 5.73 Å². The van der Waals surface area contributed by atoms with E-state index in [4.69, 9.17) is 17.3 Å². The third-order valence-electron chi connectivity index (χ3n) is 1.73. The second-order valence-electron chi connectivity index (χ2n) is 2.92. The molecule has 0 aromatic carbocycles. The Morgan fingerprint density at radius 2 is 2.43 bits per heavy atom. The maximum atomic E-state index is 5.77. The van der Waals surface area contributed by atoms with E-state index in [0.29, 0.717) is 17.4 Å². The van der Waals surface area contributed by atoms with Crippen molar-refractivity contribution in [2.24, 2.45) is 0 Å². The predicted octanol–water partition coefficient (Wildman–Crippen LogP) is 1.93. The maximum Gasteiger partial charge on any atom is 0.164 e. The van der Waals surface area contributed by atoms with Crippen LogP contribution in [-0.4, -0.2) is 14.8 Å². The molecule has 0 atom stereocenters. The summed E-state index contributed by atoms with van der Waals surface area (Å²) < 4.78 is 1.69. The number of nitrogen functional groups attached to an aromatic ring is 1. The van der Waals surface area contributed by atoms with Crippen molar-refractivity contribution < 1.29 is 0 Å². The molecule has 0 aliphatic rings. The highest BCUT2D eigenvalue weighted by atomic mass is 35.5. The van der Waals surface area contributed by atoms with E-state index in [9.17, 15) is 0 Å². The largest absolute Gasteiger partial charge is 0.381 e. The lowest BCUT2D eigenvalue weighted by Gasteiger charge is -1.95. The Balaban J connectivity index is 2.18. The number of hydrogen-bond acceptors (Lipinski definition) is 4. The summed E-state index contributed by atoms with van der Waals surface area (Å²) in [6.07, 6.45) is 1.70. The molecule has 0 unspecified atom stereocenters. The van der Waals surface area contributed by atoms with Crippen LogP contribution in [0.3, 0.4) is 0 Å². The first-order valence-electron chi connectivity index (χ1n) is 4.04. The third kappa shape index (κ3) is 1.88. The molecular formula is C8H9ClN4S. The highest BCUT2D eigenvalue weighted by Crippen LogP contribution is 2.16. The van der Waals surface area contributed by atoms with Crippen molar-refractivity contribution in [3.63, 3.8) is 0 Å². The molecule has 0 fully saturated rings. The van der Waals surface area contributed by atoms with E-state index in [-0.39, 0.29) is 0 Å². The van der Waals surface area contributed by atoms with Crippen LogP contribution in [0.5, 0.6) is 0 Å².